The summed E-state index contributed by atoms with van der Waals surface area (Å²) >= 11 is 0. The summed E-state index contributed by atoms with van der Waals surface area (Å²) in [6, 6.07) is 4.70. The second-order valence-electron chi connectivity index (χ2n) is 7.37. The van der Waals surface area contributed by atoms with Gasteiger partial charge in [-0.2, -0.15) is 4.98 Å². The van der Waals surface area contributed by atoms with E-state index in [1.807, 2.05) is 32.6 Å². The molecule has 1 fully saturated rings. The molecule has 0 unspecified atom stereocenters. The normalized spacial score (nSPS) is 18.2. The highest BCUT2D eigenvalue weighted by Gasteiger charge is 2.32. The molecule has 2 aromatic rings. The number of hydrogen-bond acceptors (Lipinski definition) is 7. The molecule has 9 heteroatoms. The van der Waals surface area contributed by atoms with E-state index in [1.54, 1.807) is 11.0 Å². The molecule has 1 aliphatic rings. The van der Waals surface area contributed by atoms with E-state index in [2.05, 4.69) is 4.98 Å². The van der Waals surface area contributed by atoms with Crippen LogP contribution in [0.3, 0.4) is 0 Å². The lowest BCUT2D eigenvalue weighted by Crippen LogP contribution is -2.54. The number of nitro benzene ring substituents is 1. The highest BCUT2D eigenvalue weighted by Crippen LogP contribution is 2.28. The predicted molar refractivity (Wildman–Crippen MR) is 95.3 cm³/mol. The molecule has 1 atom stereocenters. The Bertz CT molecular complexity index is 841. The molecule has 26 heavy (non-hydrogen) atoms. The van der Waals surface area contributed by atoms with Gasteiger partial charge in [0.2, 0.25) is 0 Å². The van der Waals surface area contributed by atoms with Crippen molar-refractivity contribution in [1.82, 2.24) is 9.88 Å². The molecule has 0 bridgehead atoms. The third kappa shape index (κ3) is 3.71. The summed E-state index contributed by atoms with van der Waals surface area (Å²) in [7, 11) is 0. The lowest BCUT2D eigenvalue weighted by Gasteiger charge is -2.39. The SMILES string of the molecule is C[C@H]1CN(C(=O)OC(C)(C)C)CCN1c1nc2cc([N+](=O)[O-])ccc2o1. The van der Waals surface area contributed by atoms with Gasteiger partial charge >= 0.3 is 6.09 Å². The number of nitro groups is 1. The van der Waals surface area contributed by atoms with Crippen molar-refractivity contribution < 1.29 is 18.9 Å². The van der Waals surface area contributed by atoms with E-state index in [1.165, 1.54) is 12.1 Å². The number of rotatable bonds is 2. The molecule has 1 aromatic heterocycles. The first kappa shape index (κ1) is 18.0. The van der Waals surface area contributed by atoms with Gasteiger partial charge in [-0.05, 0) is 33.8 Å². The summed E-state index contributed by atoms with van der Waals surface area (Å²) < 4.78 is 11.2. The van der Waals surface area contributed by atoms with Crippen LogP contribution in [0.2, 0.25) is 0 Å². The van der Waals surface area contributed by atoms with Crippen LogP contribution in [0.4, 0.5) is 16.5 Å². The Labute approximate surface area is 150 Å². The Morgan fingerprint density at radius 2 is 2.12 bits per heavy atom. The van der Waals surface area contributed by atoms with Crippen LogP contribution in [0.25, 0.3) is 11.1 Å². The zero-order valence-corrected chi connectivity index (χ0v) is 15.3. The highest BCUT2D eigenvalue weighted by atomic mass is 16.6. The molecule has 0 spiro atoms. The molecule has 1 aliphatic heterocycles. The van der Waals surface area contributed by atoms with Gasteiger partial charge in [0, 0.05) is 37.8 Å². The number of piperazine rings is 1. The first-order valence-corrected chi connectivity index (χ1v) is 8.43. The molecule has 1 aromatic carbocycles. The van der Waals surface area contributed by atoms with Crippen LogP contribution in [0.5, 0.6) is 0 Å². The molecule has 2 heterocycles. The van der Waals surface area contributed by atoms with Gasteiger partial charge in [-0.3, -0.25) is 10.1 Å². The van der Waals surface area contributed by atoms with Gasteiger partial charge in [0.15, 0.2) is 5.58 Å². The Balaban J connectivity index is 1.74. The monoisotopic (exact) mass is 362 g/mol. The van der Waals surface area contributed by atoms with Crippen molar-refractivity contribution in [2.45, 2.75) is 39.3 Å². The third-order valence-corrected chi connectivity index (χ3v) is 4.10. The molecule has 1 amide bonds. The second kappa shape index (κ2) is 6.47. The molecule has 3 rings (SSSR count). The minimum Gasteiger partial charge on any atom is -0.444 e. The van der Waals surface area contributed by atoms with Crippen LogP contribution in [-0.4, -0.2) is 52.2 Å². The first-order chi connectivity index (χ1) is 12.1. The van der Waals surface area contributed by atoms with Crippen molar-refractivity contribution in [1.29, 1.82) is 0 Å². The number of nitrogens with zero attached hydrogens (tertiary/aromatic N) is 4. The van der Waals surface area contributed by atoms with E-state index in [4.69, 9.17) is 9.15 Å². The maximum Gasteiger partial charge on any atom is 0.410 e. The minimum absolute atomic E-state index is 0.0276. The number of anilines is 1. The molecule has 0 saturated carbocycles. The number of benzene rings is 1. The van der Waals surface area contributed by atoms with E-state index in [9.17, 15) is 14.9 Å². The van der Waals surface area contributed by atoms with Crippen LogP contribution >= 0.6 is 0 Å². The Morgan fingerprint density at radius 3 is 2.73 bits per heavy atom. The number of amides is 1. The maximum atomic E-state index is 12.2. The standard InChI is InChI=1S/C17H22N4O5/c1-11-10-19(16(22)26-17(2,3)4)7-8-20(11)15-18-13-9-12(21(23)24)5-6-14(13)25-15/h5-6,9,11H,7-8,10H2,1-4H3/t11-/m0/s1. The average molecular weight is 362 g/mol. The molecule has 0 N–H and O–H groups in total. The van der Waals surface area contributed by atoms with Crippen molar-refractivity contribution >= 4 is 28.9 Å². The number of hydrogen-bond donors (Lipinski definition) is 0. The van der Waals surface area contributed by atoms with E-state index < -0.39 is 10.5 Å². The van der Waals surface area contributed by atoms with E-state index in [0.717, 1.165) is 0 Å². The molecular weight excluding hydrogens is 340 g/mol. The van der Waals surface area contributed by atoms with Gasteiger partial charge in [-0.1, -0.05) is 0 Å². The summed E-state index contributed by atoms with van der Waals surface area (Å²) in [4.78, 5) is 30.7. The van der Waals surface area contributed by atoms with Crippen molar-refractivity contribution in [3.8, 4) is 0 Å². The van der Waals surface area contributed by atoms with Gasteiger partial charge in [-0.25, -0.2) is 4.79 Å². The molecule has 9 nitrogen and oxygen atoms in total. The highest BCUT2D eigenvalue weighted by molar-refractivity contribution is 5.77. The molecule has 1 saturated heterocycles. The van der Waals surface area contributed by atoms with Crippen LogP contribution in [0.1, 0.15) is 27.7 Å². The lowest BCUT2D eigenvalue weighted by molar-refractivity contribution is -0.384. The maximum absolute atomic E-state index is 12.2. The van der Waals surface area contributed by atoms with Crippen LogP contribution in [-0.2, 0) is 4.74 Å². The topological polar surface area (TPSA) is 102 Å². The number of fused-ring (bicyclic) bond motifs is 1. The number of oxazole rings is 1. The van der Waals surface area contributed by atoms with Gasteiger partial charge < -0.3 is 19.0 Å². The number of carbonyl (C=O) groups is 1. The van der Waals surface area contributed by atoms with Crippen molar-refractivity contribution in [2.75, 3.05) is 24.5 Å². The summed E-state index contributed by atoms with van der Waals surface area (Å²) in [5.41, 5.74) is 0.371. The fraction of sp³-hybridized carbons (Fsp3) is 0.529. The summed E-state index contributed by atoms with van der Waals surface area (Å²) in [6.07, 6.45) is -0.336. The number of ether oxygens (including phenoxy) is 1. The zero-order valence-electron chi connectivity index (χ0n) is 15.3. The summed E-state index contributed by atoms with van der Waals surface area (Å²) in [5, 5.41) is 10.9. The third-order valence-electron chi connectivity index (χ3n) is 4.10. The Morgan fingerprint density at radius 1 is 1.38 bits per heavy atom. The molecule has 0 aliphatic carbocycles. The second-order valence-corrected chi connectivity index (χ2v) is 7.37. The Kier molecular flexibility index (Phi) is 4.47. The van der Waals surface area contributed by atoms with Crippen LogP contribution in [0, 0.1) is 10.1 Å². The fourth-order valence-corrected chi connectivity index (χ4v) is 2.87. The smallest absolute Gasteiger partial charge is 0.410 e. The van der Waals surface area contributed by atoms with Crippen molar-refractivity contribution in [2.24, 2.45) is 0 Å². The molecule has 140 valence electrons. The van der Waals surface area contributed by atoms with Gasteiger partial charge in [0.1, 0.15) is 11.1 Å². The summed E-state index contributed by atoms with van der Waals surface area (Å²) in [5.74, 6) is 0. The van der Waals surface area contributed by atoms with E-state index in [0.29, 0.717) is 36.7 Å². The van der Waals surface area contributed by atoms with Crippen LogP contribution < -0.4 is 4.90 Å². The van der Waals surface area contributed by atoms with E-state index >= 15 is 0 Å². The summed E-state index contributed by atoms with van der Waals surface area (Å²) in [6.45, 7) is 8.97. The zero-order chi connectivity index (χ0) is 19.1. The lowest BCUT2D eigenvalue weighted by atomic mass is 10.2. The predicted octanol–water partition coefficient (Wildman–Crippen LogP) is 3.18. The number of aromatic nitrogens is 1. The first-order valence-electron chi connectivity index (χ1n) is 8.43. The fourth-order valence-electron chi connectivity index (χ4n) is 2.87. The van der Waals surface area contributed by atoms with Gasteiger partial charge in [0.05, 0.1) is 4.92 Å². The van der Waals surface area contributed by atoms with Gasteiger partial charge in [0.25, 0.3) is 11.7 Å². The molecule has 0 radical (unpaired) electrons. The largest absolute Gasteiger partial charge is 0.444 e. The van der Waals surface area contributed by atoms with Crippen molar-refractivity contribution in [3.05, 3.63) is 28.3 Å². The minimum atomic E-state index is -0.535. The van der Waals surface area contributed by atoms with E-state index in [-0.39, 0.29) is 17.8 Å². The van der Waals surface area contributed by atoms with Gasteiger partial charge in [-0.15, -0.1) is 0 Å². The quantitative estimate of drug-likeness (QED) is 0.597. The van der Waals surface area contributed by atoms with Crippen molar-refractivity contribution in [3.63, 3.8) is 0 Å². The number of carbonyl (C=O) groups excluding carboxylic acids is 1. The average Bonchev–Trinajstić information content (AvgIpc) is 2.95. The molecular formula is C17H22N4O5. The van der Waals surface area contributed by atoms with Crippen LogP contribution in [0.15, 0.2) is 22.6 Å². The Hall–Kier alpha value is -2.84. The number of non-ortho nitro benzene ring substituents is 1.